The molecular weight excluding hydrogens is 380 g/mol. The van der Waals surface area contributed by atoms with E-state index in [2.05, 4.69) is 10.3 Å². The minimum Gasteiger partial charge on any atom is -0.389 e. The van der Waals surface area contributed by atoms with Crippen molar-refractivity contribution in [2.75, 3.05) is 25.4 Å². The molecule has 3 heterocycles. The number of aryl methyl sites for hydroxylation is 1. The Morgan fingerprint density at radius 3 is 2.70 bits per heavy atom. The smallest absolute Gasteiger partial charge is 0.317 e. The van der Waals surface area contributed by atoms with E-state index in [1.165, 1.54) is 0 Å². The second-order valence-corrected chi connectivity index (χ2v) is 8.12. The zero-order valence-corrected chi connectivity index (χ0v) is 17.7. The number of carbonyl (C=O) groups excluding carboxylic acids is 1. The van der Waals surface area contributed by atoms with Gasteiger partial charge in [-0.05, 0) is 32.3 Å². The van der Waals surface area contributed by atoms with Gasteiger partial charge in [0, 0.05) is 49.1 Å². The van der Waals surface area contributed by atoms with E-state index in [4.69, 9.17) is 10.8 Å². The van der Waals surface area contributed by atoms with Gasteiger partial charge >= 0.3 is 6.03 Å². The molecule has 0 radical (unpaired) electrons. The Morgan fingerprint density at radius 1 is 1.27 bits per heavy atom. The molecule has 0 bridgehead atoms. The summed E-state index contributed by atoms with van der Waals surface area (Å²) in [4.78, 5) is 18.5. The van der Waals surface area contributed by atoms with E-state index >= 15 is 0 Å². The second-order valence-electron chi connectivity index (χ2n) is 8.12. The molecule has 1 fully saturated rings. The number of amides is 2. The largest absolute Gasteiger partial charge is 0.389 e. The highest BCUT2D eigenvalue weighted by atomic mass is 16.3. The van der Waals surface area contributed by atoms with E-state index in [0.29, 0.717) is 56.8 Å². The topological polar surface area (TPSA) is 109 Å². The van der Waals surface area contributed by atoms with Crippen molar-refractivity contribution in [2.45, 2.75) is 51.7 Å². The fourth-order valence-corrected chi connectivity index (χ4v) is 4.32. The maximum atomic E-state index is 12.2. The number of nitrogens with two attached hydrogens (primary N) is 1. The first-order chi connectivity index (χ1) is 14.5. The maximum absolute atomic E-state index is 12.2. The molecule has 1 aliphatic heterocycles. The van der Waals surface area contributed by atoms with E-state index in [-0.39, 0.29) is 6.03 Å². The average molecular weight is 411 g/mol. The molecule has 160 valence electrons. The highest BCUT2D eigenvalue weighted by Gasteiger charge is 2.36. The Morgan fingerprint density at radius 2 is 2.00 bits per heavy atom. The van der Waals surface area contributed by atoms with Gasteiger partial charge in [-0.1, -0.05) is 25.1 Å². The molecule has 1 aliphatic rings. The Bertz CT molecular complexity index is 1070. The molecule has 1 saturated heterocycles. The summed E-state index contributed by atoms with van der Waals surface area (Å²) in [7, 11) is 0. The molecule has 30 heavy (non-hydrogen) atoms. The van der Waals surface area contributed by atoms with Crippen LogP contribution in [0.3, 0.4) is 0 Å². The van der Waals surface area contributed by atoms with Crippen molar-refractivity contribution < 1.29 is 9.90 Å². The molecule has 4 rings (SSSR count). The number of fused-ring (bicyclic) bond motifs is 3. The van der Waals surface area contributed by atoms with Crippen LogP contribution in [0.15, 0.2) is 24.3 Å². The molecule has 4 N–H and O–H groups in total. The van der Waals surface area contributed by atoms with Crippen LogP contribution in [0.25, 0.3) is 21.8 Å². The standard InChI is InChI=1S/C22H30N6O2/c1-3-11-24-21(29)27-12-9-22(30,10-13-27)14-17-18-15-7-5-6-8-16(15)25-20(23)19(18)26-28(17)4-2/h5-8,30H,3-4,9-14H2,1-2H3,(H2,23,25)(H,24,29). The van der Waals surface area contributed by atoms with Crippen LogP contribution in [0, 0.1) is 0 Å². The van der Waals surface area contributed by atoms with Gasteiger partial charge in [0.15, 0.2) is 5.82 Å². The molecular formula is C22H30N6O2. The Hall–Kier alpha value is -2.87. The number of pyridine rings is 1. The summed E-state index contributed by atoms with van der Waals surface area (Å²) in [5, 5.41) is 21.0. The van der Waals surface area contributed by atoms with Crippen molar-refractivity contribution in [3.8, 4) is 0 Å². The van der Waals surface area contributed by atoms with Gasteiger partial charge in [-0.2, -0.15) is 5.10 Å². The third-order valence-electron chi connectivity index (χ3n) is 6.02. The lowest BCUT2D eigenvalue weighted by Gasteiger charge is -2.38. The van der Waals surface area contributed by atoms with Crippen LogP contribution in [-0.2, 0) is 13.0 Å². The van der Waals surface area contributed by atoms with Crippen LogP contribution in [0.5, 0.6) is 0 Å². The number of hydrogen-bond donors (Lipinski definition) is 3. The predicted molar refractivity (Wildman–Crippen MR) is 118 cm³/mol. The quantitative estimate of drug-likeness (QED) is 0.599. The minimum atomic E-state index is -0.888. The summed E-state index contributed by atoms with van der Waals surface area (Å²) in [5.74, 6) is 0.409. The van der Waals surface area contributed by atoms with Gasteiger partial charge in [0.25, 0.3) is 0 Å². The molecule has 0 unspecified atom stereocenters. The summed E-state index contributed by atoms with van der Waals surface area (Å²) in [5.41, 5.74) is 7.82. The van der Waals surface area contributed by atoms with Crippen LogP contribution in [-0.4, -0.2) is 56.0 Å². The first kappa shape index (κ1) is 20.4. The molecule has 1 aromatic carbocycles. The maximum Gasteiger partial charge on any atom is 0.317 e. The number of urea groups is 1. The molecule has 0 saturated carbocycles. The number of likely N-dealkylation sites (tertiary alicyclic amines) is 1. The lowest BCUT2D eigenvalue weighted by atomic mass is 9.86. The van der Waals surface area contributed by atoms with Gasteiger partial charge in [0.1, 0.15) is 5.52 Å². The molecule has 0 spiro atoms. The average Bonchev–Trinajstić information content (AvgIpc) is 3.11. The van der Waals surface area contributed by atoms with Gasteiger partial charge < -0.3 is 21.1 Å². The van der Waals surface area contributed by atoms with Crippen LogP contribution in [0.2, 0.25) is 0 Å². The SMILES string of the molecule is CCCNC(=O)N1CCC(O)(Cc2c3c(nn2CC)c(N)nc2ccccc23)CC1. The van der Waals surface area contributed by atoms with Crippen molar-refractivity contribution in [2.24, 2.45) is 0 Å². The summed E-state index contributed by atoms with van der Waals surface area (Å²) in [6.45, 7) is 6.49. The van der Waals surface area contributed by atoms with Crippen molar-refractivity contribution in [3.05, 3.63) is 30.0 Å². The molecule has 0 atom stereocenters. The fourth-order valence-electron chi connectivity index (χ4n) is 4.32. The summed E-state index contributed by atoms with van der Waals surface area (Å²) in [6, 6.07) is 7.85. The molecule has 8 nitrogen and oxygen atoms in total. The number of rotatable bonds is 5. The lowest BCUT2D eigenvalue weighted by molar-refractivity contribution is -0.0128. The monoisotopic (exact) mass is 410 g/mol. The zero-order valence-electron chi connectivity index (χ0n) is 17.7. The van der Waals surface area contributed by atoms with Gasteiger partial charge in [-0.25, -0.2) is 9.78 Å². The summed E-state index contributed by atoms with van der Waals surface area (Å²) < 4.78 is 1.92. The fraction of sp³-hybridized carbons (Fsp3) is 0.500. The first-order valence-corrected chi connectivity index (χ1v) is 10.7. The van der Waals surface area contributed by atoms with Gasteiger partial charge in [-0.15, -0.1) is 0 Å². The molecule has 8 heteroatoms. The lowest BCUT2D eigenvalue weighted by Crippen LogP contribution is -2.50. The number of carbonyl (C=O) groups is 1. The van der Waals surface area contributed by atoms with Crippen LogP contribution in [0.4, 0.5) is 10.6 Å². The van der Waals surface area contributed by atoms with Gasteiger partial charge in [-0.3, -0.25) is 4.68 Å². The number of para-hydroxylation sites is 1. The van der Waals surface area contributed by atoms with E-state index in [9.17, 15) is 9.90 Å². The summed E-state index contributed by atoms with van der Waals surface area (Å²) >= 11 is 0. The third kappa shape index (κ3) is 3.67. The number of piperidine rings is 1. The molecule has 2 amide bonds. The first-order valence-electron chi connectivity index (χ1n) is 10.7. The van der Waals surface area contributed by atoms with Crippen LogP contribution >= 0.6 is 0 Å². The van der Waals surface area contributed by atoms with Gasteiger partial charge in [0.05, 0.1) is 11.1 Å². The number of aliphatic hydroxyl groups is 1. The molecule has 3 aromatic rings. The molecule has 0 aliphatic carbocycles. The minimum absolute atomic E-state index is 0.0483. The van der Waals surface area contributed by atoms with Crippen LogP contribution < -0.4 is 11.1 Å². The van der Waals surface area contributed by atoms with Crippen molar-refractivity contribution in [1.29, 1.82) is 0 Å². The second kappa shape index (κ2) is 8.10. The zero-order chi connectivity index (χ0) is 21.3. The number of nitrogen functional groups attached to an aromatic ring is 1. The normalized spacial score (nSPS) is 16.3. The summed E-state index contributed by atoms with van der Waals surface area (Å²) in [6.07, 6.45) is 2.43. The number of nitrogens with one attached hydrogen (secondary N) is 1. The molecule has 2 aromatic heterocycles. The Kier molecular flexibility index (Phi) is 5.51. The highest BCUT2D eigenvalue weighted by molar-refractivity contribution is 6.09. The number of nitrogens with zero attached hydrogens (tertiary/aromatic N) is 4. The predicted octanol–water partition coefficient (Wildman–Crippen LogP) is 2.68. The van der Waals surface area contributed by atoms with E-state index in [0.717, 1.165) is 28.4 Å². The van der Waals surface area contributed by atoms with Gasteiger partial charge in [0.2, 0.25) is 0 Å². The van der Waals surface area contributed by atoms with Crippen molar-refractivity contribution >= 4 is 33.7 Å². The van der Waals surface area contributed by atoms with E-state index < -0.39 is 5.60 Å². The number of hydrogen-bond acceptors (Lipinski definition) is 5. The highest BCUT2D eigenvalue weighted by Crippen LogP contribution is 2.34. The van der Waals surface area contributed by atoms with E-state index in [1.54, 1.807) is 4.90 Å². The Labute approximate surface area is 176 Å². The van der Waals surface area contributed by atoms with Crippen molar-refractivity contribution in [1.82, 2.24) is 25.0 Å². The number of anilines is 1. The van der Waals surface area contributed by atoms with Crippen LogP contribution in [0.1, 0.15) is 38.8 Å². The Balaban J connectivity index is 1.65. The third-order valence-corrected chi connectivity index (χ3v) is 6.02. The van der Waals surface area contributed by atoms with Crippen molar-refractivity contribution in [3.63, 3.8) is 0 Å². The number of benzene rings is 1. The van der Waals surface area contributed by atoms with E-state index in [1.807, 2.05) is 42.8 Å². The number of aromatic nitrogens is 3.